The molecule has 5 nitrogen and oxygen atoms in total. The predicted molar refractivity (Wildman–Crippen MR) is 108 cm³/mol. The quantitative estimate of drug-likeness (QED) is 0.761. The summed E-state index contributed by atoms with van der Waals surface area (Å²) in [5.41, 5.74) is 1.45. The number of sulfonamides is 1. The number of carbonyl (C=O) groups excluding carboxylic acids is 1. The number of amides is 1. The predicted octanol–water partition coefficient (Wildman–Crippen LogP) is 3.57. The number of nitrogens with one attached hydrogen (secondary N) is 2. The Balaban J connectivity index is 1.90. The van der Waals surface area contributed by atoms with Crippen LogP contribution in [0.4, 0.5) is 0 Å². The molecule has 1 amide bonds. The minimum absolute atomic E-state index is 0.0301. The van der Waals surface area contributed by atoms with Crippen molar-refractivity contribution < 1.29 is 13.2 Å². The molecule has 0 aliphatic heterocycles. The van der Waals surface area contributed by atoms with Crippen LogP contribution in [0.1, 0.15) is 51.3 Å². The first-order chi connectivity index (χ1) is 12.6. The van der Waals surface area contributed by atoms with Crippen LogP contribution < -0.4 is 10.0 Å². The summed E-state index contributed by atoms with van der Waals surface area (Å²) in [5, 5.41) is 2.98. The van der Waals surface area contributed by atoms with Crippen LogP contribution >= 0.6 is 0 Å². The van der Waals surface area contributed by atoms with Gasteiger partial charge in [-0.25, -0.2) is 13.1 Å². The van der Waals surface area contributed by atoms with E-state index in [0.29, 0.717) is 12.8 Å². The molecule has 0 radical (unpaired) electrons. The van der Waals surface area contributed by atoms with Crippen molar-refractivity contribution in [3.05, 3.63) is 65.7 Å². The van der Waals surface area contributed by atoms with E-state index in [1.807, 2.05) is 37.3 Å². The molecule has 0 aliphatic carbocycles. The molecule has 27 heavy (non-hydrogen) atoms. The molecule has 2 N–H and O–H groups in total. The van der Waals surface area contributed by atoms with Crippen LogP contribution in [0.25, 0.3) is 0 Å². The van der Waals surface area contributed by atoms with Gasteiger partial charge in [-0.05, 0) is 57.4 Å². The van der Waals surface area contributed by atoms with Gasteiger partial charge in [-0.2, -0.15) is 0 Å². The van der Waals surface area contributed by atoms with Crippen molar-refractivity contribution in [2.45, 2.75) is 57.0 Å². The minimum atomic E-state index is -3.54. The fourth-order valence-electron chi connectivity index (χ4n) is 2.69. The van der Waals surface area contributed by atoms with Gasteiger partial charge in [-0.3, -0.25) is 4.79 Å². The van der Waals surface area contributed by atoms with E-state index in [4.69, 9.17) is 0 Å². The summed E-state index contributed by atoms with van der Waals surface area (Å²) < 4.78 is 27.2. The molecule has 0 fully saturated rings. The Labute approximate surface area is 162 Å². The molecule has 0 spiro atoms. The molecule has 0 bridgehead atoms. The van der Waals surface area contributed by atoms with E-state index in [-0.39, 0.29) is 16.8 Å². The van der Waals surface area contributed by atoms with Crippen LogP contribution in [0.3, 0.4) is 0 Å². The number of carbonyl (C=O) groups is 1. The van der Waals surface area contributed by atoms with Gasteiger partial charge >= 0.3 is 0 Å². The maximum atomic E-state index is 12.3. The van der Waals surface area contributed by atoms with Crippen LogP contribution in [-0.2, 0) is 21.2 Å². The van der Waals surface area contributed by atoms with Crippen molar-refractivity contribution in [1.29, 1.82) is 0 Å². The van der Waals surface area contributed by atoms with Crippen molar-refractivity contribution in [3.63, 3.8) is 0 Å². The summed E-state index contributed by atoms with van der Waals surface area (Å²) in [6.07, 6.45) is 0.907. The zero-order valence-corrected chi connectivity index (χ0v) is 17.1. The molecular weight excluding hydrogens is 360 g/mol. The third kappa shape index (κ3) is 6.81. The van der Waals surface area contributed by atoms with E-state index in [2.05, 4.69) is 10.0 Å². The molecule has 0 heterocycles. The van der Waals surface area contributed by atoms with Gasteiger partial charge in [0.2, 0.25) is 15.9 Å². The second-order valence-corrected chi connectivity index (χ2v) is 9.38. The lowest BCUT2D eigenvalue weighted by atomic mass is 10.1. The van der Waals surface area contributed by atoms with E-state index in [0.717, 1.165) is 11.1 Å². The lowest BCUT2D eigenvalue weighted by Crippen LogP contribution is -2.40. The van der Waals surface area contributed by atoms with E-state index in [1.165, 1.54) is 0 Å². The average molecular weight is 389 g/mol. The summed E-state index contributed by atoms with van der Waals surface area (Å²) in [4.78, 5) is 12.4. The first-order valence-electron chi connectivity index (χ1n) is 9.04. The summed E-state index contributed by atoms with van der Waals surface area (Å²) >= 11 is 0. The zero-order valence-electron chi connectivity index (χ0n) is 16.3. The Morgan fingerprint density at radius 1 is 1.00 bits per heavy atom. The molecule has 1 atom stereocenters. The van der Waals surface area contributed by atoms with Gasteiger partial charge in [0.15, 0.2) is 0 Å². The molecule has 6 heteroatoms. The molecule has 0 saturated carbocycles. The van der Waals surface area contributed by atoms with Crippen molar-refractivity contribution in [2.24, 2.45) is 0 Å². The van der Waals surface area contributed by atoms with Crippen LogP contribution in [0, 0.1) is 0 Å². The summed E-state index contributed by atoms with van der Waals surface area (Å²) in [7, 11) is -3.54. The molecule has 2 aromatic carbocycles. The highest BCUT2D eigenvalue weighted by Gasteiger charge is 2.21. The number of hydrogen-bond acceptors (Lipinski definition) is 3. The second kappa shape index (κ2) is 8.67. The molecule has 2 rings (SSSR count). The van der Waals surface area contributed by atoms with E-state index >= 15 is 0 Å². The normalized spacial score (nSPS) is 13.2. The Morgan fingerprint density at radius 2 is 1.59 bits per heavy atom. The van der Waals surface area contributed by atoms with Crippen molar-refractivity contribution in [1.82, 2.24) is 10.0 Å². The maximum Gasteiger partial charge on any atom is 0.241 e. The van der Waals surface area contributed by atoms with E-state index < -0.39 is 15.6 Å². The molecule has 0 saturated heterocycles. The number of hydrogen-bond donors (Lipinski definition) is 2. The fourth-order valence-corrected chi connectivity index (χ4v) is 4.11. The summed E-state index contributed by atoms with van der Waals surface area (Å²) in [6, 6.07) is 16.4. The van der Waals surface area contributed by atoms with Crippen molar-refractivity contribution in [3.8, 4) is 0 Å². The Kier molecular flexibility index (Phi) is 6.78. The fraction of sp³-hybridized carbons (Fsp3) is 0.381. The average Bonchev–Trinajstić information content (AvgIpc) is 2.59. The van der Waals surface area contributed by atoms with Crippen LogP contribution in [0.15, 0.2) is 59.5 Å². The first-order valence-corrected chi connectivity index (χ1v) is 10.5. The molecule has 146 valence electrons. The van der Waals surface area contributed by atoms with E-state index in [9.17, 15) is 13.2 Å². The second-order valence-electron chi connectivity index (χ2n) is 7.70. The Hall–Kier alpha value is -2.18. The third-order valence-corrected chi connectivity index (χ3v) is 5.77. The molecule has 0 aromatic heterocycles. The number of benzene rings is 2. The monoisotopic (exact) mass is 388 g/mol. The van der Waals surface area contributed by atoms with Gasteiger partial charge in [-0.15, -0.1) is 0 Å². The molecule has 2 aromatic rings. The topological polar surface area (TPSA) is 75.3 Å². The van der Waals surface area contributed by atoms with Crippen LogP contribution in [-0.4, -0.2) is 19.9 Å². The number of rotatable bonds is 7. The van der Waals surface area contributed by atoms with Crippen LogP contribution in [0.2, 0.25) is 0 Å². The third-order valence-electron chi connectivity index (χ3n) is 3.99. The smallest absolute Gasteiger partial charge is 0.241 e. The van der Waals surface area contributed by atoms with Crippen molar-refractivity contribution >= 4 is 15.9 Å². The molecular formula is C21H28N2O3S. The van der Waals surface area contributed by atoms with Crippen molar-refractivity contribution in [2.75, 3.05) is 0 Å². The van der Waals surface area contributed by atoms with Gasteiger partial charge < -0.3 is 5.32 Å². The first kappa shape index (κ1) is 21.1. The highest BCUT2D eigenvalue weighted by molar-refractivity contribution is 7.89. The lowest BCUT2D eigenvalue weighted by Gasteiger charge is -2.20. The van der Waals surface area contributed by atoms with Crippen LogP contribution in [0.5, 0.6) is 0 Å². The van der Waals surface area contributed by atoms with Gasteiger partial charge in [0.25, 0.3) is 0 Å². The van der Waals surface area contributed by atoms with Gasteiger partial charge in [0.05, 0.1) is 10.9 Å². The highest BCUT2D eigenvalue weighted by Crippen LogP contribution is 2.15. The van der Waals surface area contributed by atoms with Gasteiger partial charge in [0, 0.05) is 12.0 Å². The Bertz CT molecular complexity index is 855. The molecule has 1 unspecified atom stereocenters. The SMILES string of the molecule is CC(NC(=O)CCc1ccc(S(=O)(=O)NC(C)(C)C)cc1)c1ccccc1. The van der Waals surface area contributed by atoms with Gasteiger partial charge in [-0.1, -0.05) is 42.5 Å². The summed E-state index contributed by atoms with van der Waals surface area (Å²) in [6.45, 7) is 7.35. The number of aryl methyl sites for hydroxylation is 1. The minimum Gasteiger partial charge on any atom is -0.350 e. The van der Waals surface area contributed by atoms with E-state index in [1.54, 1.807) is 45.0 Å². The standard InChI is InChI=1S/C21H28N2O3S/c1-16(18-8-6-5-7-9-18)22-20(24)15-12-17-10-13-19(14-11-17)27(25,26)23-21(2,3)4/h5-11,13-14,16,23H,12,15H2,1-4H3,(H,22,24). The highest BCUT2D eigenvalue weighted by atomic mass is 32.2. The Morgan fingerprint density at radius 3 is 2.15 bits per heavy atom. The lowest BCUT2D eigenvalue weighted by molar-refractivity contribution is -0.121. The maximum absolute atomic E-state index is 12.3. The largest absolute Gasteiger partial charge is 0.350 e. The molecule has 0 aliphatic rings. The summed E-state index contributed by atoms with van der Waals surface area (Å²) in [5.74, 6) is -0.0301. The zero-order chi connectivity index (χ0) is 20.1. The van der Waals surface area contributed by atoms with Gasteiger partial charge in [0.1, 0.15) is 0 Å².